The Hall–Kier alpha value is -1.73. The van der Waals surface area contributed by atoms with Gasteiger partial charge in [-0.25, -0.2) is 15.2 Å². The maximum absolute atomic E-state index is 14.0. The minimum atomic E-state index is -0.701. The molecule has 1 aliphatic rings. The molecule has 0 atom stereocenters. The number of pyridine rings is 1. The first-order valence-corrected chi connectivity index (χ1v) is 6.22. The van der Waals surface area contributed by atoms with Crippen LogP contribution < -0.4 is 11.3 Å². The molecule has 0 radical (unpaired) electrons. The van der Waals surface area contributed by atoms with Crippen molar-refractivity contribution in [2.45, 2.75) is 6.42 Å². The second-order valence-corrected chi connectivity index (χ2v) is 4.61. The van der Waals surface area contributed by atoms with Crippen LogP contribution in [-0.4, -0.2) is 53.9 Å². The highest BCUT2D eigenvalue weighted by atomic mass is 19.1. The number of nitrogens with two attached hydrogens (primary N) is 1. The summed E-state index contributed by atoms with van der Waals surface area (Å²) in [6, 6.07) is 1.38. The zero-order chi connectivity index (χ0) is 13.8. The topological polar surface area (TPSA) is 74.5 Å². The minimum Gasteiger partial charge on any atom is -0.337 e. The monoisotopic (exact) mass is 267 g/mol. The van der Waals surface area contributed by atoms with Crippen LogP contribution in [0.3, 0.4) is 0 Å². The molecule has 1 aromatic rings. The van der Waals surface area contributed by atoms with Gasteiger partial charge in [-0.05, 0) is 26.1 Å². The van der Waals surface area contributed by atoms with Crippen molar-refractivity contribution in [3.63, 3.8) is 0 Å². The summed E-state index contributed by atoms with van der Waals surface area (Å²) < 4.78 is 14.0. The molecular formula is C12H18FN5O. The van der Waals surface area contributed by atoms with E-state index in [1.807, 2.05) is 7.05 Å². The molecule has 19 heavy (non-hydrogen) atoms. The molecule has 1 saturated heterocycles. The number of amides is 1. The van der Waals surface area contributed by atoms with Gasteiger partial charge in [-0.3, -0.25) is 4.79 Å². The van der Waals surface area contributed by atoms with Crippen LogP contribution in [-0.2, 0) is 0 Å². The fraction of sp³-hybridized carbons (Fsp3) is 0.500. The van der Waals surface area contributed by atoms with Gasteiger partial charge in [0.25, 0.3) is 5.91 Å². The first kappa shape index (κ1) is 13.7. The second kappa shape index (κ2) is 5.94. The van der Waals surface area contributed by atoms with Crippen molar-refractivity contribution < 1.29 is 9.18 Å². The van der Waals surface area contributed by atoms with Gasteiger partial charge in [0.05, 0.1) is 5.56 Å². The Balaban J connectivity index is 2.19. The number of rotatable bonds is 2. The Kier molecular flexibility index (Phi) is 4.28. The van der Waals surface area contributed by atoms with Crippen LogP contribution in [0, 0.1) is 5.82 Å². The van der Waals surface area contributed by atoms with Gasteiger partial charge in [0.1, 0.15) is 0 Å². The number of aromatic nitrogens is 1. The first-order valence-electron chi connectivity index (χ1n) is 6.22. The summed E-state index contributed by atoms with van der Waals surface area (Å²) in [6.45, 7) is 2.97. The third-order valence-electron chi connectivity index (χ3n) is 3.26. The standard InChI is InChI=1S/C12H18FN5O/c1-17-5-2-6-18(8-7-17)12(19)9-3-4-15-11(16-14)10(9)13/h3-4H,2,5-8,14H2,1H3,(H,15,16). The molecular weight excluding hydrogens is 249 g/mol. The van der Waals surface area contributed by atoms with Crippen molar-refractivity contribution in [1.29, 1.82) is 0 Å². The lowest BCUT2D eigenvalue weighted by atomic mass is 10.2. The van der Waals surface area contributed by atoms with E-state index in [4.69, 9.17) is 5.84 Å². The average Bonchev–Trinajstić information content (AvgIpc) is 2.63. The quantitative estimate of drug-likeness (QED) is 0.595. The molecule has 104 valence electrons. The summed E-state index contributed by atoms with van der Waals surface area (Å²) in [4.78, 5) is 19.9. The van der Waals surface area contributed by atoms with E-state index in [-0.39, 0.29) is 17.3 Å². The fourth-order valence-electron chi connectivity index (χ4n) is 2.13. The van der Waals surface area contributed by atoms with Crippen molar-refractivity contribution in [2.24, 2.45) is 5.84 Å². The zero-order valence-corrected chi connectivity index (χ0v) is 10.9. The average molecular weight is 267 g/mol. The molecule has 0 bridgehead atoms. The predicted octanol–water partition coefficient (Wildman–Crippen LogP) is 0.284. The lowest BCUT2D eigenvalue weighted by Crippen LogP contribution is -2.35. The highest BCUT2D eigenvalue weighted by Crippen LogP contribution is 2.16. The number of carbonyl (C=O) groups excluding carboxylic acids is 1. The van der Waals surface area contributed by atoms with E-state index >= 15 is 0 Å². The van der Waals surface area contributed by atoms with Crippen molar-refractivity contribution in [1.82, 2.24) is 14.8 Å². The zero-order valence-electron chi connectivity index (χ0n) is 10.9. The highest BCUT2D eigenvalue weighted by molar-refractivity contribution is 5.95. The summed E-state index contributed by atoms with van der Waals surface area (Å²) in [5.41, 5.74) is 2.15. The highest BCUT2D eigenvalue weighted by Gasteiger charge is 2.23. The number of hydrogen-bond donors (Lipinski definition) is 2. The Morgan fingerprint density at radius 3 is 2.95 bits per heavy atom. The van der Waals surface area contributed by atoms with Crippen LogP contribution in [0.25, 0.3) is 0 Å². The van der Waals surface area contributed by atoms with Crippen molar-refractivity contribution >= 4 is 11.7 Å². The largest absolute Gasteiger partial charge is 0.337 e. The van der Waals surface area contributed by atoms with E-state index in [0.717, 1.165) is 19.5 Å². The van der Waals surface area contributed by atoms with Gasteiger partial charge in [0.15, 0.2) is 11.6 Å². The number of carbonyl (C=O) groups is 1. The van der Waals surface area contributed by atoms with E-state index < -0.39 is 5.82 Å². The molecule has 1 fully saturated rings. The SMILES string of the molecule is CN1CCCN(C(=O)c2ccnc(NN)c2F)CC1. The number of nitrogens with one attached hydrogen (secondary N) is 1. The molecule has 1 amide bonds. The number of hydrazine groups is 1. The maximum Gasteiger partial charge on any atom is 0.257 e. The normalized spacial score (nSPS) is 17.1. The summed E-state index contributed by atoms with van der Waals surface area (Å²) in [5, 5.41) is 0. The van der Waals surface area contributed by atoms with Gasteiger partial charge in [-0.2, -0.15) is 0 Å². The first-order chi connectivity index (χ1) is 9.13. The summed E-state index contributed by atoms with van der Waals surface area (Å²) >= 11 is 0. The minimum absolute atomic E-state index is 0.00695. The van der Waals surface area contributed by atoms with E-state index in [1.54, 1.807) is 4.90 Å². The van der Waals surface area contributed by atoms with Crippen LogP contribution in [0.1, 0.15) is 16.8 Å². The maximum atomic E-state index is 14.0. The lowest BCUT2D eigenvalue weighted by Gasteiger charge is -2.21. The predicted molar refractivity (Wildman–Crippen MR) is 70.0 cm³/mol. The molecule has 6 nitrogen and oxygen atoms in total. The number of halogens is 1. The van der Waals surface area contributed by atoms with Crippen molar-refractivity contribution in [3.8, 4) is 0 Å². The Morgan fingerprint density at radius 2 is 2.21 bits per heavy atom. The van der Waals surface area contributed by atoms with Crippen LogP contribution in [0.4, 0.5) is 10.2 Å². The summed E-state index contributed by atoms with van der Waals surface area (Å²) in [6.07, 6.45) is 2.26. The van der Waals surface area contributed by atoms with Gasteiger partial charge in [-0.1, -0.05) is 0 Å². The number of nitrogen functional groups attached to an aromatic ring is 1. The molecule has 2 heterocycles. The smallest absolute Gasteiger partial charge is 0.257 e. The summed E-state index contributed by atoms with van der Waals surface area (Å²) in [7, 11) is 2.01. The third kappa shape index (κ3) is 2.99. The van der Waals surface area contributed by atoms with Crippen LogP contribution in [0.5, 0.6) is 0 Å². The second-order valence-electron chi connectivity index (χ2n) is 4.61. The van der Waals surface area contributed by atoms with Gasteiger partial charge in [0, 0.05) is 25.8 Å². The van der Waals surface area contributed by atoms with Gasteiger partial charge in [0.2, 0.25) is 0 Å². The van der Waals surface area contributed by atoms with Crippen molar-refractivity contribution in [2.75, 3.05) is 38.7 Å². The van der Waals surface area contributed by atoms with E-state index in [2.05, 4.69) is 15.3 Å². The number of anilines is 1. The Morgan fingerprint density at radius 1 is 1.42 bits per heavy atom. The number of nitrogens with zero attached hydrogens (tertiary/aromatic N) is 3. The van der Waals surface area contributed by atoms with Crippen LogP contribution >= 0.6 is 0 Å². The van der Waals surface area contributed by atoms with Crippen LogP contribution in [0.2, 0.25) is 0 Å². The molecule has 0 aliphatic carbocycles. The van der Waals surface area contributed by atoms with Gasteiger partial charge < -0.3 is 15.2 Å². The molecule has 7 heteroatoms. The number of likely N-dealkylation sites (N-methyl/N-ethyl adjacent to an activating group) is 1. The van der Waals surface area contributed by atoms with E-state index in [1.165, 1.54) is 12.3 Å². The Bertz CT molecular complexity index is 467. The van der Waals surface area contributed by atoms with E-state index in [9.17, 15) is 9.18 Å². The molecule has 1 aromatic heterocycles. The molecule has 0 aromatic carbocycles. The van der Waals surface area contributed by atoms with E-state index in [0.29, 0.717) is 13.1 Å². The molecule has 0 unspecified atom stereocenters. The van der Waals surface area contributed by atoms with Gasteiger partial charge >= 0.3 is 0 Å². The van der Waals surface area contributed by atoms with Crippen LogP contribution in [0.15, 0.2) is 12.3 Å². The molecule has 1 aliphatic heterocycles. The lowest BCUT2D eigenvalue weighted by molar-refractivity contribution is 0.0758. The summed E-state index contributed by atoms with van der Waals surface area (Å²) in [5.74, 6) is 4.03. The van der Waals surface area contributed by atoms with Gasteiger partial charge in [-0.15, -0.1) is 0 Å². The number of hydrogen-bond acceptors (Lipinski definition) is 5. The Labute approximate surface area is 111 Å². The van der Waals surface area contributed by atoms with Crippen molar-refractivity contribution in [3.05, 3.63) is 23.6 Å². The molecule has 2 rings (SSSR count). The third-order valence-corrected chi connectivity index (χ3v) is 3.26. The molecule has 3 N–H and O–H groups in total. The molecule has 0 saturated carbocycles. The fourth-order valence-corrected chi connectivity index (χ4v) is 2.13. The molecule has 0 spiro atoms.